The summed E-state index contributed by atoms with van der Waals surface area (Å²) < 4.78 is 1.53. The molecule has 1 amide bonds. The van der Waals surface area contributed by atoms with E-state index >= 15 is 0 Å². The number of nitrogens with one attached hydrogen (secondary N) is 1. The Hall–Kier alpha value is -2.63. The largest absolute Gasteiger partial charge is 0.346 e. The van der Waals surface area contributed by atoms with Gasteiger partial charge in [-0.25, -0.2) is 4.68 Å². The second kappa shape index (κ2) is 7.72. The number of carbonyl (C=O) groups excluding carboxylic acids is 1. The van der Waals surface area contributed by atoms with Gasteiger partial charge >= 0.3 is 0 Å². The van der Waals surface area contributed by atoms with Crippen molar-refractivity contribution in [3.8, 4) is 5.69 Å². The molecule has 0 aliphatic heterocycles. The predicted octanol–water partition coefficient (Wildman–Crippen LogP) is 3.78. The molecule has 26 heavy (non-hydrogen) atoms. The Bertz CT molecular complexity index is 1010. The monoisotopic (exact) mass is 387 g/mol. The number of carbonyl (C=O) groups is 1. The van der Waals surface area contributed by atoms with Gasteiger partial charge in [0, 0.05) is 28.4 Å². The first-order chi connectivity index (χ1) is 12.5. The Labute approximate surface area is 160 Å². The summed E-state index contributed by atoms with van der Waals surface area (Å²) in [5.74, 6) is -0.558. The van der Waals surface area contributed by atoms with Gasteiger partial charge in [0.15, 0.2) is 5.69 Å². The number of amides is 1. The molecule has 1 aromatic heterocycles. The quantitative estimate of drug-likeness (QED) is 0.740. The Kier molecular flexibility index (Phi) is 5.40. The summed E-state index contributed by atoms with van der Waals surface area (Å²) in [7, 11) is 0. The van der Waals surface area contributed by atoms with Gasteiger partial charge in [-0.2, -0.15) is 5.10 Å². The number of nitrogens with zero attached hydrogens (tertiary/aromatic N) is 2. The summed E-state index contributed by atoms with van der Waals surface area (Å²) in [6.45, 7) is 1.95. The summed E-state index contributed by atoms with van der Waals surface area (Å²) in [5.41, 5.74) is 1.45. The summed E-state index contributed by atoms with van der Waals surface area (Å²) >= 11 is 12.0. The molecule has 0 saturated carbocycles. The molecule has 0 bridgehead atoms. The average Bonchev–Trinajstić information content (AvgIpc) is 2.62. The third-order valence-corrected chi connectivity index (χ3v) is 4.41. The minimum Gasteiger partial charge on any atom is -0.346 e. The number of benzene rings is 2. The van der Waals surface area contributed by atoms with Crippen LogP contribution in [-0.4, -0.2) is 15.7 Å². The number of hydrogen-bond donors (Lipinski definition) is 1. The molecule has 0 fully saturated rings. The number of aryl methyl sites for hydroxylation is 1. The fraction of sp³-hybridized carbons (Fsp3) is 0.105. The molecule has 0 saturated heterocycles. The van der Waals surface area contributed by atoms with Crippen molar-refractivity contribution < 1.29 is 4.79 Å². The third-order valence-electron chi connectivity index (χ3n) is 3.79. The van der Waals surface area contributed by atoms with Gasteiger partial charge < -0.3 is 5.32 Å². The highest BCUT2D eigenvalue weighted by atomic mass is 35.5. The van der Waals surface area contributed by atoms with E-state index in [9.17, 15) is 9.59 Å². The highest BCUT2D eigenvalue weighted by Gasteiger charge is 2.15. The Morgan fingerprint density at radius 2 is 1.81 bits per heavy atom. The van der Waals surface area contributed by atoms with Crippen molar-refractivity contribution in [2.24, 2.45) is 0 Å². The van der Waals surface area contributed by atoms with E-state index in [4.69, 9.17) is 23.2 Å². The molecule has 3 aromatic rings. The van der Waals surface area contributed by atoms with Crippen molar-refractivity contribution >= 4 is 29.1 Å². The van der Waals surface area contributed by atoms with E-state index in [0.29, 0.717) is 21.4 Å². The molecule has 132 valence electrons. The molecule has 0 aliphatic carbocycles. The van der Waals surface area contributed by atoms with Gasteiger partial charge in [0.1, 0.15) is 0 Å². The zero-order chi connectivity index (χ0) is 18.7. The Morgan fingerprint density at radius 1 is 1.12 bits per heavy atom. The SMILES string of the molecule is Cc1cc(=O)c(C(=O)NCc2ccccc2Cl)nn1-c1ccc(Cl)cc1. The van der Waals surface area contributed by atoms with E-state index in [1.54, 1.807) is 49.4 Å². The molecule has 2 aromatic carbocycles. The van der Waals surface area contributed by atoms with Crippen molar-refractivity contribution in [3.05, 3.63) is 91.8 Å². The van der Waals surface area contributed by atoms with Gasteiger partial charge in [0.05, 0.1) is 5.69 Å². The molecule has 1 N–H and O–H groups in total. The minimum absolute atomic E-state index is 0.183. The first kappa shape index (κ1) is 18.2. The molecular formula is C19H15Cl2N3O2. The molecule has 3 rings (SSSR count). The molecule has 0 aliphatic rings. The van der Waals surface area contributed by atoms with E-state index in [1.807, 2.05) is 6.07 Å². The summed E-state index contributed by atoms with van der Waals surface area (Å²) in [5, 5.41) is 8.04. The summed E-state index contributed by atoms with van der Waals surface area (Å²) in [6.07, 6.45) is 0. The number of halogens is 2. The second-order valence-electron chi connectivity index (χ2n) is 5.66. The van der Waals surface area contributed by atoms with Crippen LogP contribution in [0.1, 0.15) is 21.7 Å². The number of aromatic nitrogens is 2. The van der Waals surface area contributed by atoms with Gasteiger partial charge in [-0.1, -0.05) is 41.4 Å². The molecule has 0 atom stereocenters. The highest BCUT2D eigenvalue weighted by molar-refractivity contribution is 6.31. The minimum atomic E-state index is -0.558. The molecular weight excluding hydrogens is 373 g/mol. The molecule has 0 radical (unpaired) electrons. The van der Waals surface area contributed by atoms with Crippen molar-refractivity contribution in [2.75, 3.05) is 0 Å². The summed E-state index contributed by atoms with van der Waals surface area (Å²) in [6, 6.07) is 15.5. The summed E-state index contributed by atoms with van der Waals surface area (Å²) in [4.78, 5) is 24.7. The van der Waals surface area contributed by atoms with Crippen LogP contribution in [0.2, 0.25) is 10.0 Å². The van der Waals surface area contributed by atoms with Crippen LogP contribution in [0.3, 0.4) is 0 Å². The first-order valence-corrected chi connectivity index (χ1v) is 8.60. The number of hydrogen-bond acceptors (Lipinski definition) is 3. The van der Waals surface area contributed by atoms with Crippen LogP contribution in [0.25, 0.3) is 5.69 Å². The zero-order valence-corrected chi connectivity index (χ0v) is 15.4. The third kappa shape index (κ3) is 3.95. The van der Waals surface area contributed by atoms with Crippen LogP contribution < -0.4 is 10.7 Å². The maximum absolute atomic E-state index is 12.4. The lowest BCUT2D eigenvalue weighted by molar-refractivity contribution is 0.0943. The van der Waals surface area contributed by atoms with Gasteiger partial charge in [-0.05, 0) is 42.8 Å². The standard InChI is InChI=1S/C19H15Cl2N3O2/c1-12-10-17(25)18(23-24(12)15-8-6-14(20)7-9-15)19(26)22-11-13-4-2-3-5-16(13)21/h2-10H,11H2,1H3,(H,22,26). The van der Waals surface area contributed by atoms with E-state index in [-0.39, 0.29) is 12.2 Å². The van der Waals surface area contributed by atoms with Crippen molar-refractivity contribution in [1.29, 1.82) is 0 Å². The van der Waals surface area contributed by atoms with Gasteiger partial charge in [0.25, 0.3) is 5.91 Å². The van der Waals surface area contributed by atoms with Crippen molar-refractivity contribution in [1.82, 2.24) is 15.1 Å². The van der Waals surface area contributed by atoms with Gasteiger partial charge in [-0.15, -0.1) is 0 Å². The zero-order valence-electron chi connectivity index (χ0n) is 13.9. The van der Waals surface area contributed by atoms with Crippen LogP contribution in [0.5, 0.6) is 0 Å². The highest BCUT2D eigenvalue weighted by Crippen LogP contribution is 2.15. The van der Waals surface area contributed by atoms with E-state index in [0.717, 1.165) is 5.56 Å². The van der Waals surface area contributed by atoms with Crippen LogP contribution in [0, 0.1) is 6.92 Å². The first-order valence-electron chi connectivity index (χ1n) is 7.84. The van der Waals surface area contributed by atoms with Crippen LogP contribution >= 0.6 is 23.2 Å². The van der Waals surface area contributed by atoms with Crippen molar-refractivity contribution in [3.63, 3.8) is 0 Å². The maximum Gasteiger partial charge on any atom is 0.276 e. The lowest BCUT2D eigenvalue weighted by atomic mass is 10.2. The van der Waals surface area contributed by atoms with E-state index in [1.165, 1.54) is 10.7 Å². The topological polar surface area (TPSA) is 64.0 Å². The van der Waals surface area contributed by atoms with Crippen LogP contribution in [0.4, 0.5) is 0 Å². The lowest BCUT2D eigenvalue weighted by Crippen LogP contribution is -2.31. The molecule has 0 unspecified atom stereocenters. The van der Waals surface area contributed by atoms with Crippen molar-refractivity contribution in [2.45, 2.75) is 13.5 Å². The molecule has 0 spiro atoms. The van der Waals surface area contributed by atoms with E-state index in [2.05, 4.69) is 10.4 Å². The van der Waals surface area contributed by atoms with Crippen LogP contribution in [0.15, 0.2) is 59.4 Å². The molecule has 5 nitrogen and oxygen atoms in total. The Balaban J connectivity index is 1.88. The van der Waals surface area contributed by atoms with Gasteiger partial charge in [0.2, 0.25) is 5.43 Å². The van der Waals surface area contributed by atoms with E-state index < -0.39 is 11.3 Å². The van der Waals surface area contributed by atoms with Gasteiger partial charge in [-0.3, -0.25) is 9.59 Å². The lowest BCUT2D eigenvalue weighted by Gasteiger charge is -2.12. The Morgan fingerprint density at radius 3 is 2.50 bits per heavy atom. The smallest absolute Gasteiger partial charge is 0.276 e. The number of rotatable bonds is 4. The fourth-order valence-electron chi connectivity index (χ4n) is 2.45. The fourth-order valence-corrected chi connectivity index (χ4v) is 2.78. The predicted molar refractivity (Wildman–Crippen MR) is 102 cm³/mol. The average molecular weight is 388 g/mol. The molecule has 7 heteroatoms. The van der Waals surface area contributed by atoms with Crippen LogP contribution in [-0.2, 0) is 6.54 Å². The maximum atomic E-state index is 12.4. The molecule has 1 heterocycles. The normalized spacial score (nSPS) is 10.6. The second-order valence-corrected chi connectivity index (χ2v) is 6.50.